The lowest BCUT2D eigenvalue weighted by atomic mass is 9.88. The highest BCUT2D eigenvalue weighted by atomic mass is 16.5. The third-order valence-corrected chi connectivity index (χ3v) is 5.10. The van der Waals surface area contributed by atoms with Crippen molar-refractivity contribution in [2.24, 2.45) is 5.92 Å². The average molecular weight is 409 g/mol. The fourth-order valence-corrected chi connectivity index (χ4v) is 3.33. The molecule has 158 valence electrons. The number of hydrogen-bond acceptors (Lipinski definition) is 4. The van der Waals surface area contributed by atoms with Gasteiger partial charge in [0.1, 0.15) is 5.75 Å². The SMILES string of the molecule is Cc1ccc(OCC(=O)NNC(=O)c2ccc(NC(=O)C3CCCCC3)cc2)cc1. The number of hydrazine groups is 1. The Balaban J connectivity index is 1.42. The number of benzene rings is 2. The van der Waals surface area contributed by atoms with Crippen molar-refractivity contribution in [3.8, 4) is 5.75 Å². The van der Waals surface area contributed by atoms with Crippen LogP contribution in [-0.2, 0) is 9.59 Å². The molecule has 0 saturated heterocycles. The van der Waals surface area contributed by atoms with Crippen molar-refractivity contribution in [1.29, 1.82) is 0 Å². The first-order valence-electron chi connectivity index (χ1n) is 10.2. The molecule has 7 nitrogen and oxygen atoms in total. The van der Waals surface area contributed by atoms with Gasteiger partial charge in [-0.15, -0.1) is 0 Å². The number of carbonyl (C=O) groups is 3. The fourth-order valence-electron chi connectivity index (χ4n) is 3.33. The van der Waals surface area contributed by atoms with Gasteiger partial charge in [0, 0.05) is 17.2 Å². The Bertz CT molecular complexity index is 872. The van der Waals surface area contributed by atoms with E-state index in [1.807, 2.05) is 19.1 Å². The van der Waals surface area contributed by atoms with Crippen LogP contribution in [0.15, 0.2) is 48.5 Å². The largest absolute Gasteiger partial charge is 0.484 e. The van der Waals surface area contributed by atoms with Gasteiger partial charge in [0.25, 0.3) is 11.8 Å². The molecule has 3 rings (SSSR count). The molecule has 0 bridgehead atoms. The highest BCUT2D eigenvalue weighted by molar-refractivity contribution is 5.97. The van der Waals surface area contributed by atoms with Gasteiger partial charge in [-0.25, -0.2) is 0 Å². The molecule has 3 amide bonds. The molecular formula is C23H27N3O4. The summed E-state index contributed by atoms with van der Waals surface area (Å²) in [5, 5.41) is 2.91. The Kier molecular flexibility index (Phi) is 7.43. The molecule has 1 aliphatic carbocycles. The lowest BCUT2D eigenvalue weighted by Crippen LogP contribution is -2.43. The van der Waals surface area contributed by atoms with Crippen molar-refractivity contribution in [3.05, 3.63) is 59.7 Å². The van der Waals surface area contributed by atoms with Crippen molar-refractivity contribution in [3.63, 3.8) is 0 Å². The quantitative estimate of drug-likeness (QED) is 0.638. The van der Waals surface area contributed by atoms with Crippen LogP contribution < -0.4 is 20.9 Å². The van der Waals surface area contributed by atoms with Gasteiger partial charge in [0.05, 0.1) is 0 Å². The van der Waals surface area contributed by atoms with E-state index >= 15 is 0 Å². The number of aryl methyl sites for hydroxylation is 1. The lowest BCUT2D eigenvalue weighted by molar-refractivity contribution is -0.124. The highest BCUT2D eigenvalue weighted by Crippen LogP contribution is 2.25. The maximum Gasteiger partial charge on any atom is 0.276 e. The van der Waals surface area contributed by atoms with Crippen LogP contribution in [0, 0.1) is 12.8 Å². The highest BCUT2D eigenvalue weighted by Gasteiger charge is 2.21. The van der Waals surface area contributed by atoms with E-state index in [0.29, 0.717) is 17.0 Å². The lowest BCUT2D eigenvalue weighted by Gasteiger charge is -2.20. The van der Waals surface area contributed by atoms with E-state index in [0.717, 1.165) is 31.2 Å². The maximum absolute atomic E-state index is 12.3. The first-order valence-corrected chi connectivity index (χ1v) is 10.2. The molecule has 0 atom stereocenters. The van der Waals surface area contributed by atoms with Gasteiger partial charge in [-0.2, -0.15) is 0 Å². The predicted molar refractivity (Wildman–Crippen MR) is 114 cm³/mol. The normalized spacial score (nSPS) is 13.9. The second kappa shape index (κ2) is 10.4. The van der Waals surface area contributed by atoms with Gasteiger partial charge in [-0.1, -0.05) is 37.0 Å². The smallest absolute Gasteiger partial charge is 0.276 e. The molecule has 0 spiro atoms. The summed E-state index contributed by atoms with van der Waals surface area (Å²) < 4.78 is 5.36. The van der Waals surface area contributed by atoms with Crippen LogP contribution in [0.5, 0.6) is 5.75 Å². The molecule has 7 heteroatoms. The molecule has 1 aliphatic rings. The number of nitrogens with one attached hydrogen (secondary N) is 3. The van der Waals surface area contributed by atoms with Crippen molar-refractivity contribution in [1.82, 2.24) is 10.9 Å². The summed E-state index contributed by atoms with van der Waals surface area (Å²) >= 11 is 0. The molecule has 2 aromatic carbocycles. The molecule has 0 heterocycles. The Morgan fingerprint density at radius 3 is 2.23 bits per heavy atom. The molecular weight excluding hydrogens is 382 g/mol. The minimum absolute atomic E-state index is 0.0349. The summed E-state index contributed by atoms with van der Waals surface area (Å²) in [4.78, 5) is 36.3. The monoisotopic (exact) mass is 409 g/mol. The number of rotatable bonds is 6. The van der Waals surface area contributed by atoms with E-state index in [4.69, 9.17) is 4.74 Å². The van der Waals surface area contributed by atoms with E-state index < -0.39 is 11.8 Å². The summed E-state index contributed by atoms with van der Waals surface area (Å²) in [5.41, 5.74) is 6.78. The molecule has 3 N–H and O–H groups in total. The Labute approximate surface area is 176 Å². The van der Waals surface area contributed by atoms with E-state index in [2.05, 4.69) is 16.2 Å². The molecule has 0 aliphatic heterocycles. The van der Waals surface area contributed by atoms with Gasteiger partial charge in [0.2, 0.25) is 5.91 Å². The van der Waals surface area contributed by atoms with E-state index in [1.165, 1.54) is 6.42 Å². The molecule has 0 radical (unpaired) electrons. The number of anilines is 1. The van der Waals surface area contributed by atoms with Crippen molar-refractivity contribution in [2.75, 3.05) is 11.9 Å². The maximum atomic E-state index is 12.3. The van der Waals surface area contributed by atoms with E-state index in [-0.39, 0.29) is 18.4 Å². The minimum atomic E-state index is -0.472. The van der Waals surface area contributed by atoms with Crippen LogP contribution in [0.1, 0.15) is 48.0 Å². The van der Waals surface area contributed by atoms with Crippen LogP contribution in [0.2, 0.25) is 0 Å². The summed E-state index contributed by atoms with van der Waals surface area (Å²) in [6, 6.07) is 13.9. The fraction of sp³-hybridized carbons (Fsp3) is 0.348. The predicted octanol–water partition coefficient (Wildman–Crippen LogP) is 3.35. The molecule has 2 aromatic rings. The summed E-state index contributed by atoms with van der Waals surface area (Å²) in [6.45, 7) is 1.75. The van der Waals surface area contributed by atoms with Gasteiger partial charge >= 0.3 is 0 Å². The van der Waals surface area contributed by atoms with Crippen molar-refractivity contribution >= 4 is 23.4 Å². The van der Waals surface area contributed by atoms with Crippen LogP contribution in [0.4, 0.5) is 5.69 Å². The molecule has 1 fully saturated rings. The summed E-state index contributed by atoms with van der Waals surface area (Å²) in [5.74, 6) is -0.246. The van der Waals surface area contributed by atoms with Gasteiger partial charge in [-0.3, -0.25) is 25.2 Å². The topological polar surface area (TPSA) is 96.5 Å². The number of carbonyl (C=O) groups excluding carboxylic acids is 3. The third-order valence-electron chi connectivity index (χ3n) is 5.10. The molecule has 30 heavy (non-hydrogen) atoms. The number of ether oxygens (including phenoxy) is 1. The first kappa shape index (κ1) is 21.4. The molecule has 0 aromatic heterocycles. The van der Waals surface area contributed by atoms with Gasteiger partial charge < -0.3 is 10.1 Å². The second-order valence-corrected chi connectivity index (χ2v) is 7.51. The average Bonchev–Trinajstić information content (AvgIpc) is 2.78. The molecule has 0 unspecified atom stereocenters. The van der Waals surface area contributed by atoms with Crippen LogP contribution >= 0.6 is 0 Å². The zero-order chi connectivity index (χ0) is 21.3. The van der Waals surface area contributed by atoms with Gasteiger partial charge in [0.15, 0.2) is 6.61 Å². The number of amides is 3. The van der Waals surface area contributed by atoms with Crippen LogP contribution in [-0.4, -0.2) is 24.3 Å². The van der Waals surface area contributed by atoms with Crippen molar-refractivity contribution < 1.29 is 19.1 Å². The summed E-state index contributed by atoms with van der Waals surface area (Å²) in [6.07, 6.45) is 5.25. The summed E-state index contributed by atoms with van der Waals surface area (Å²) in [7, 11) is 0. The zero-order valence-electron chi connectivity index (χ0n) is 17.1. The number of hydrogen-bond donors (Lipinski definition) is 3. The van der Waals surface area contributed by atoms with Crippen LogP contribution in [0.3, 0.4) is 0 Å². The first-order chi connectivity index (χ1) is 14.5. The zero-order valence-corrected chi connectivity index (χ0v) is 17.1. The Hall–Kier alpha value is -3.35. The Morgan fingerprint density at radius 1 is 0.900 bits per heavy atom. The third kappa shape index (κ3) is 6.34. The van der Waals surface area contributed by atoms with E-state index in [9.17, 15) is 14.4 Å². The van der Waals surface area contributed by atoms with Crippen molar-refractivity contribution in [2.45, 2.75) is 39.0 Å². The van der Waals surface area contributed by atoms with Gasteiger partial charge in [-0.05, 0) is 56.2 Å². The van der Waals surface area contributed by atoms with E-state index in [1.54, 1.807) is 36.4 Å². The standard InChI is InChI=1S/C23H27N3O4/c1-16-7-13-20(14-8-16)30-15-21(27)25-26-23(29)18-9-11-19(12-10-18)24-22(28)17-5-3-2-4-6-17/h7-14,17H,2-6,15H2,1H3,(H,24,28)(H,25,27)(H,26,29). The van der Waals surface area contributed by atoms with Crippen LogP contribution in [0.25, 0.3) is 0 Å². The second-order valence-electron chi connectivity index (χ2n) is 7.51. The Morgan fingerprint density at radius 2 is 1.57 bits per heavy atom. The minimum Gasteiger partial charge on any atom is -0.484 e. The molecule has 1 saturated carbocycles.